The highest BCUT2D eigenvalue weighted by molar-refractivity contribution is 5.75. The standard InChI is InChI=1S/C21H39N3O/c1-2-21(25)24(16-15-22-12-6-3-7-13-22)18-19-9-8-14-23(17-19)20-10-4-5-11-20/h19-20H,2-18H2,1H3. The Bertz CT molecular complexity index is 402. The monoisotopic (exact) mass is 349 g/mol. The van der Waals surface area contributed by atoms with Crippen molar-refractivity contribution < 1.29 is 4.79 Å². The van der Waals surface area contributed by atoms with Crippen LogP contribution in [0.5, 0.6) is 0 Å². The normalized spacial score (nSPS) is 26.8. The summed E-state index contributed by atoms with van der Waals surface area (Å²) in [6.45, 7) is 9.99. The fraction of sp³-hybridized carbons (Fsp3) is 0.952. The molecular weight excluding hydrogens is 310 g/mol. The van der Waals surface area contributed by atoms with Crippen molar-refractivity contribution in [2.24, 2.45) is 5.92 Å². The summed E-state index contributed by atoms with van der Waals surface area (Å²) in [6.07, 6.45) is 13.0. The molecule has 0 spiro atoms. The molecule has 4 heteroatoms. The molecule has 1 aliphatic carbocycles. The summed E-state index contributed by atoms with van der Waals surface area (Å²) in [5.41, 5.74) is 0. The van der Waals surface area contributed by atoms with Gasteiger partial charge in [-0.05, 0) is 64.1 Å². The van der Waals surface area contributed by atoms with Gasteiger partial charge in [0.15, 0.2) is 0 Å². The van der Waals surface area contributed by atoms with Gasteiger partial charge in [-0.15, -0.1) is 0 Å². The van der Waals surface area contributed by atoms with Crippen LogP contribution in [0.15, 0.2) is 0 Å². The lowest BCUT2D eigenvalue weighted by Crippen LogP contribution is -2.47. The van der Waals surface area contributed by atoms with Gasteiger partial charge in [0, 0.05) is 38.6 Å². The minimum absolute atomic E-state index is 0.356. The second-order valence-corrected chi connectivity index (χ2v) is 8.54. The zero-order valence-electron chi connectivity index (χ0n) is 16.4. The summed E-state index contributed by atoms with van der Waals surface area (Å²) in [5, 5.41) is 0. The molecule has 0 radical (unpaired) electrons. The van der Waals surface area contributed by atoms with Gasteiger partial charge < -0.3 is 14.7 Å². The van der Waals surface area contributed by atoms with E-state index in [0.717, 1.165) is 25.7 Å². The average molecular weight is 350 g/mol. The molecule has 0 aromatic rings. The predicted molar refractivity (Wildman–Crippen MR) is 104 cm³/mol. The molecule has 2 saturated heterocycles. The van der Waals surface area contributed by atoms with Gasteiger partial charge in [0.05, 0.1) is 0 Å². The first kappa shape index (κ1) is 19.2. The first-order valence-electron chi connectivity index (χ1n) is 11.0. The van der Waals surface area contributed by atoms with Gasteiger partial charge >= 0.3 is 0 Å². The van der Waals surface area contributed by atoms with Crippen molar-refractivity contribution in [1.29, 1.82) is 0 Å². The average Bonchev–Trinajstić information content (AvgIpc) is 3.20. The van der Waals surface area contributed by atoms with E-state index in [-0.39, 0.29) is 0 Å². The van der Waals surface area contributed by atoms with Crippen LogP contribution in [0, 0.1) is 5.92 Å². The second kappa shape index (κ2) is 9.91. The quantitative estimate of drug-likeness (QED) is 0.705. The van der Waals surface area contributed by atoms with E-state index in [4.69, 9.17) is 0 Å². The van der Waals surface area contributed by atoms with Gasteiger partial charge in [-0.3, -0.25) is 4.79 Å². The second-order valence-electron chi connectivity index (χ2n) is 8.54. The summed E-state index contributed by atoms with van der Waals surface area (Å²) < 4.78 is 0. The van der Waals surface area contributed by atoms with E-state index >= 15 is 0 Å². The SMILES string of the molecule is CCC(=O)N(CCN1CCCCC1)CC1CCCN(C2CCCC2)C1. The lowest BCUT2D eigenvalue weighted by atomic mass is 9.95. The van der Waals surface area contributed by atoms with Crippen LogP contribution in [-0.4, -0.2) is 72.5 Å². The molecular formula is C21H39N3O. The molecule has 144 valence electrons. The van der Waals surface area contributed by atoms with Crippen LogP contribution in [0.3, 0.4) is 0 Å². The van der Waals surface area contributed by atoms with Gasteiger partial charge in [-0.1, -0.05) is 26.2 Å². The summed E-state index contributed by atoms with van der Waals surface area (Å²) in [4.78, 5) is 20.0. The Morgan fingerprint density at radius 1 is 0.960 bits per heavy atom. The number of rotatable bonds is 7. The number of likely N-dealkylation sites (tertiary alicyclic amines) is 2. The molecule has 0 aromatic heterocycles. The molecule has 1 saturated carbocycles. The summed E-state index contributed by atoms with van der Waals surface area (Å²) in [7, 11) is 0. The van der Waals surface area contributed by atoms with E-state index in [1.165, 1.54) is 84.0 Å². The molecule has 3 fully saturated rings. The Morgan fingerprint density at radius 2 is 1.72 bits per heavy atom. The van der Waals surface area contributed by atoms with E-state index in [9.17, 15) is 4.79 Å². The lowest BCUT2D eigenvalue weighted by molar-refractivity contribution is -0.132. The molecule has 2 aliphatic heterocycles. The van der Waals surface area contributed by atoms with Gasteiger partial charge in [-0.2, -0.15) is 0 Å². The molecule has 0 N–H and O–H groups in total. The molecule has 2 heterocycles. The highest BCUT2D eigenvalue weighted by atomic mass is 16.2. The highest BCUT2D eigenvalue weighted by Gasteiger charge is 2.29. The molecule has 3 aliphatic rings. The van der Waals surface area contributed by atoms with Gasteiger partial charge in [0.1, 0.15) is 0 Å². The third-order valence-electron chi connectivity index (χ3n) is 6.66. The topological polar surface area (TPSA) is 26.8 Å². The Hall–Kier alpha value is -0.610. The Balaban J connectivity index is 1.49. The fourth-order valence-electron chi connectivity index (χ4n) is 5.15. The van der Waals surface area contributed by atoms with Crippen molar-refractivity contribution in [3.8, 4) is 0 Å². The zero-order chi connectivity index (χ0) is 17.5. The van der Waals surface area contributed by atoms with Crippen molar-refractivity contribution in [2.45, 2.75) is 77.2 Å². The number of hydrogen-bond donors (Lipinski definition) is 0. The smallest absolute Gasteiger partial charge is 0.222 e. The molecule has 25 heavy (non-hydrogen) atoms. The number of amides is 1. The minimum Gasteiger partial charge on any atom is -0.341 e. The van der Waals surface area contributed by atoms with E-state index in [1.807, 2.05) is 6.92 Å². The highest BCUT2D eigenvalue weighted by Crippen LogP contribution is 2.28. The number of hydrogen-bond acceptors (Lipinski definition) is 3. The Kier molecular flexibility index (Phi) is 7.60. The molecule has 3 rings (SSSR count). The number of carbonyl (C=O) groups excluding carboxylic acids is 1. The fourth-order valence-corrected chi connectivity index (χ4v) is 5.15. The van der Waals surface area contributed by atoms with Gasteiger partial charge in [0.25, 0.3) is 0 Å². The van der Waals surface area contributed by atoms with Crippen LogP contribution in [0.25, 0.3) is 0 Å². The van der Waals surface area contributed by atoms with Gasteiger partial charge in [-0.25, -0.2) is 0 Å². The molecule has 0 bridgehead atoms. The maximum atomic E-state index is 12.5. The zero-order valence-corrected chi connectivity index (χ0v) is 16.4. The number of nitrogens with zero attached hydrogens (tertiary/aromatic N) is 3. The lowest BCUT2D eigenvalue weighted by Gasteiger charge is -2.39. The van der Waals surface area contributed by atoms with Crippen LogP contribution in [-0.2, 0) is 4.79 Å². The first-order chi connectivity index (χ1) is 12.3. The van der Waals surface area contributed by atoms with Crippen LogP contribution in [0.2, 0.25) is 0 Å². The number of carbonyl (C=O) groups is 1. The molecule has 1 amide bonds. The Labute approximate surface area is 154 Å². The molecule has 0 aromatic carbocycles. The molecule has 1 atom stereocenters. The van der Waals surface area contributed by atoms with Crippen LogP contribution < -0.4 is 0 Å². The van der Waals surface area contributed by atoms with Crippen molar-refractivity contribution in [2.75, 3.05) is 45.8 Å². The van der Waals surface area contributed by atoms with E-state index < -0.39 is 0 Å². The van der Waals surface area contributed by atoms with Gasteiger partial charge in [0.2, 0.25) is 5.91 Å². The summed E-state index contributed by atoms with van der Waals surface area (Å²) >= 11 is 0. The van der Waals surface area contributed by atoms with Crippen molar-refractivity contribution in [1.82, 2.24) is 14.7 Å². The van der Waals surface area contributed by atoms with Crippen molar-refractivity contribution >= 4 is 5.91 Å². The van der Waals surface area contributed by atoms with E-state index in [1.54, 1.807) is 0 Å². The van der Waals surface area contributed by atoms with Crippen molar-refractivity contribution in [3.63, 3.8) is 0 Å². The van der Waals surface area contributed by atoms with Crippen LogP contribution in [0.4, 0.5) is 0 Å². The Morgan fingerprint density at radius 3 is 2.44 bits per heavy atom. The minimum atomic E-state index is 0.356. The van der Waals surface area contributed by atoms with Crippen LogP contribution >= 0.6 is 0 Å². The third-order valence-corrected chi connectivity index (χ3v) is 6.66. The third kappa shape index (κ3) is 5.68. The van der Waals surface area contributed by atoms with E-state index in [2.05, 4.69) is 14.7 Å². The maximum Gasteiger partial charge on any atom is 0.222 e. The number of piperidine rings is 2. The summed E-state index contributed by atoms with van der Waals surface area (Å²) in [6, 6.07) is 0.839. The summed E-state index contributed by atoms with van der Waals surface area (Å²) in [5.74, 6) is 1.04. The van der Waals surface area contributed by atoms with E-state index in [0.29, 0.717) is 18.2 Å². The molecule has 4 nitrogen and oxygen atoms in total. The first-order valence-corrected chi connectivity index (χ1v) is 11.0. The maximum absolute atomic E-state index is 12.5. The largest absolute Gasteiger partial charge is 0.341 e. The molecule has 1 unspecified atom stereocenters. The predicted octanol–water partition coefficient (Wildman–Crippen LogP) is 3.37. The van der Waals surface area contributed by atoms with Crippen molar-refractivity contribution in [3.05, 3.63) is 0 Å². The van der Waals surface area contributed by atoms with Crippen LogP contribution in [0.1, 0.15) is 71.1 Å².